The smallest absolute Gasteiger partial charge is 0.166 e. The van der Waals surface area contributed by atoms with Crippen LogP contribution in [-0.4, -0.2) is 11.6 Å². The van der Waals surface area contributed by atoms with Crippen molar-refractivity contribution >= 4 is 31.9 Å². The van der Waals surface area contributed by atoms with Crippen LogP contribution in [-0.2, 0) is 0 Å². The fourth-order valence-electron chi connectivity index (χ4n) is 0.858. The molecular formula is C8H9Br2NO. The Morgan fingerprint density at radius 1 is 1.50 bits per heavy atom. The van der Waals surface area contributed by atoms with Crippen molar-refractivity contribution in [2.24, 2.45) is 0 Å². The fourth-order valence-corrected chi connectivity index (χ4v) is 2.37. The molecule has 0 spiro atoms. The largest absolute Gasteiger partial charge is 0.490 e. The molecule has 4 heteroatoms. The summed E-state index contributed by atoms with van der Waals surface area (Å²) in [6.07, 6.45) is 0. The molecule has 66 valence electrons. The highest BCUT2D eigenvalue weighted by atomic mass is 79.9. The van der Waals surface area contributed by atoms with Gasteiger partial charge in [-0.3, -0.25) is 0 Å². The van der Waals surface area contributed by atoms with Gasteiger partial charge in [-0.1, -0.05) is 0 Å². The van der Waals surface area contributed by atoms with Gasteiger partial charge in [-0.15, -0.1) is 0 Å². The minimum Gasteiger partial charge on any atom is -0.490 e. The van der Waals surface area contributed by atoms with Gasteiger partial charge in [-0.05, 0) is 51.8 Å². The first kappa shape index (κ1) is 9.99. The molecule has 0 amide bonds. The molecule has 0 saturated heterocycles. The van der Waals surface area contributed by atoms with E-state index in [4.69, 9.17) is 4.74 Å². The van der Waals surface area contributed by atoms with Crippen molar-refractivity contribution in [2.75, 3.05) is 6.61 Å². The molecule has 1 aromatic rings. The summed E-state index contributed by atoms with van der Waals surface area (Å²) in [6, 6.07) is 1.93. The number of hydrogen-bond acceptors (Lipinski definition) is 2. The van der Waals surface area contributed by atoms with E-state index in [1.807, 2.05) is 19.9 Å². The van der Waals surface area contributed by atoms with Gasteiger partial charge in [0.25, 0.3) is 0 Å². The molecule has 0 fully saturated rings. The molecule has 1 rings (SSSR count). The summed E-state index contributed by atoms with van der Waals surface area (Å²) in [5.41, 5.74) is 0.956. The first-order valence-electron chi connectivity index (χ1n) is 3.60. The van der Waals surface area contributed by atoms with Crippen molar-refractivity contribution in [3.8, 4) is 5.75 Å². The van der Waals surface area contributed by atoms with Crippen LogP contribution in [0.2, 0.25) is 0 Å². The van der Waals surface area contributed by atoms with E-state index in [9.17, 15) is 0 Å². The van der Waals surface area contributed by atoms with E-state index >= 15 is 0 Å². The van der Waals surface area contributed by atoms with E-state index in [2.05, 4.69) is 36.8 Å². The third-order valence-electron chi connectivity index (χ3n) is 1.30. The van der Waals surface area contributed by atoms with Crippen LogP contribution in [0.1, 0.15) is 12.6 Å². The van der Waals surface area contributed by atoms with Crippen LogP contribution in [0.4, 0.5) is 0 Å². The van der Waals surface area contributed by atoms with Crippen LogP contribution >= 0.6 is 31.9 Å². The van der Waals surface area contributed by atoms with E-state index in [0.29, 0.717) is 6.61 Å². The third-order valence-corrected chi connectivity index (χ3v) is 2.43. The van der Waals surface area contributed by atoms with Gasteiger partial charge in [0.1, 0.15) is 4.60 Å². The monoisotopic (exact) mass is 293 g/mol. The second-order valence-corrected chi connectivity index (χ2v) is 3.90. The third kappa shape index (κ3) is 2.20. The lowest BCUT2D eigenvalue weighted by molar-refractivity contribution is 0.334. The zero-order valence-corrected chi connectivity index (χ0v) is 10.1. The summed E-state index contributed by atoms with van der Waals surface area (Å²) in [5, 5.41) is 0. The van der Waals surface area contributed by atoms with Gasteiger partial charge < -0.3 is 4.74 Å². The minimum atomic E-state index is 0.641. The maximum atomic E-state index is 5.37. The number of nitrogens with zero attached hydrogens (tertiary/aromatic N) is 1. The van der Waals surface area contributed by atoms with Crippen molar-refractivity contribution < 1.29 is 4.74 Å². The van der Waals surface area contributed by atoms with Crippen LogP contribution < -0.4 is 4.74 Å². The van der Waals surface area contributed by atoms with Gasteiger partial charge in [-0.25, -0.2) is 4.98 Å². The molecule has 0 bridgehead atoms. The Balaban J connectivity index is 3.10. The van der Waals surface area contributed by atoms with Gasteiger partial charge in [0.2, 0.25) is 0 Å². The van der Waals surface area contributed by atoms with Gasteiger partial charge in [0.05, 0.1) is 11.1 Å². The van der Waals surface area contributed by atoms with E-state index in [-0.39, 0.29) is 0 Å². The molecule has 0 aliphatic heterocycles. The lowest BCUT2D eigenvalue weighted by atomic mass is 10.4. The first-order valence-corrected chi connectivity index (χ1v) is 5.19. The van der Waals surface area contributed by atoms with Crippen LogP contribution in [0.5, 0.6) is 5.75 Å². The second-order valence-electron chi connectivity index (χ2n) is 2.30. The van der Waals surface area contributed by atoms with Crippen molar-refractivity contribution in [3.05, 3.63) is 20.8 Å². The molecule has 0 radical (unpaired) electrons. The summed E-state index contributed by atoms with van der Waals surface area (Å²) in [5.74, 6) is 0.767. The Bertz CT molecular complexity index is 265. The van der Waals surface area contributed by atoms with Crippen molar-refractivity contribution in [1.82, 2.24) is 4.98 Å². The Morgan fingerprint density at radius 3 is 2.67 bits per heavy atom. The predicted molar refractivity (Wildman–Crippen MR) is 55.5 cm³/mol. The van der Waals surface area contributed by atoms with Crippen LogP contribution in [0, 0.1) is 6.92 Å². The van der Waals surface area contributed by atoms with E-state index in [0.717, 1.165) is 20.5 Å². The topological polar surface area (TPSA) is 22.1 Å². The van der Waals surface area contributed by atoms with Crippen molar-refractivity contribution in [2.45, 2.75) is 13.8 Å². The number of hydrogen-bond donors (Lipinski definition) is 0. The van der Waals surface area contributed by atoms with Gasteiger partial charge in [-0.2, -0.15) is 0 Å². The molecule has 0 atom stereocenters. The highest BCUT2D eigenvalue weighted by Crippen LogP contribution is 2.32. The van der Waals surface area contributed by atoms with Crippen LogP contribution in [0.3, 0.4) is 0 Å². The molecular weight excluding hydrogens is 286 g/mol. The lowest BCUT2D eigenvalue weighted by Gasteiger charge is -2.07. The fraction of sp³-hybridized carbons (Fsp3) is 0.375. The summed E-state index contributed by atoms with van der Waals surface area (Å²) in [4.78, 5) is 4.21. The second kappa shape index (κ2) is 4.23. The highest BCUT2D eigenvalue weighted by molar-refractivity contribution is 9.11. The quantitative estimate of drug-likeness (QED) is 0.781. The number of aromatic nitrogens is 1. The molecule has 0 aromatic carbocycles. The molecule has 1 aromatic heterocycles. The Hall–Kier alpha value is -0.0900. The maximum Gasteiger partial charge on any atom is 0.166 e. The summed E-state index contributed by atoms with van der Waals surface area (Å²) >= 11 is 6.74. The number of rotatable bonds is 2. The molecule has 0 aliphatic carbocycles. The van der Waals surface area contributed by atoms with Crippen molar-refractivity contribution in [1.29, 1.82) is 0 Å². The minimum absolute atomic E-state index is 0.641. The highest BCUT2D eigenvalue weighted by Gasteiger charge is 2.07. The Morgan fingerprint density at radius 2 is 2.17 bits per heavy atom. The Kier molecular flexibility index (Phi) is 3.53. The molecule has 12 heavy (non-hydrogen) atoms. The standard InChI is InChI=1S/C8H9Br2NO/c1-3-12-7-6(9)4-5(2)11-8(7)10/h4H,3H2,1-2H3. The van der Waals surface area contributed by atoms with Crippen molar-refractivity contribution in [3.63, 3.8) is 0 Å². The van der Waals surface area contributed by atoms with Gasteiger partial charge >= 0.3 is 0 Å². The number of pyridine rings is 1. The normalized spacial score (nSPS) is 10.0. The lowest BCUT2D eigenvalue weighted by Crippen LogP contribution is -1.96. The molecule has 0 N–H and O–H groups in total. The number of ether oxygens (including phenoxy) is 1. The molecule has 1 heterocycles. The summed E-state index contributed by atoms with van der Waals surface area (Å²) in [7, 11) is 0. The molecule has 0 saturated carbocycles. The Labute approximate surface area is 88.6 Å². The van der Waals surface area contributed by atoms with E-state index < -0.39 is 0 Å². The average molecular weight is 295 g/mol. The molecule has 2 nitrogen and oxygen atoms in total. The molecule has 0 unspecified atom stereocenters. The predicted octanol–water partition coefficient (Wildman–Crippen LogP) is 3.31. The van der Waals surface area contributed by atoms with E-state index in [1.54, 1.807) is 0 Å². The first-order chi connectivity index (χ1) is 5.65. The zero-order chi connectivity index (χ0) is 9.14. The number of aryl methyl sites for hydroxylation is 1. The zero-order valence-electron chi connectivity index (χ0n) is 6.90. The summed E-state index contributed by atoms with van der Waals surface area (Å²) in [6.45, 7) is 4.52. The van der Waals surface area contributed by atoms with Gasteiger partial charge in [0, 0.05) is 5.69 Å². The molecule has 0 aliphatic rings. The summed E-state index contributed by atoms with van der Waals surface area (Å²) < 4.78 is 7.05. The SMILES string of the molecule is CCOc1c(Br)cc(C)nc1Br. The maximum absolute atomic E-state index is 5.37. The van der Waals surface area contributed by atoms with E-state index in [1.165, 1.54) is 0 Å². The van der Waals surface area contributed by atoms with Crippen LogP contribution in [0.25, 0.3) is 0 Å². The van der Waals surface area contributed by atoms with Gasteiger partial charge in [0.15, 0.2) is 5.75 Å². The number of halogens is 2. The van der Waals surface area contributed by atoms with Crippen LogP contribution in [0.15, 0.2) is 15.1 Å². The average Bonchev–Trinajstić information content (AvgIpc) is 1.96.